The van der Waals surface area contributed by atoms with Gasteiger partial charge in [0.15, 0.2) is 0 Å². The summed E-state index contributed by atoms with van der Waals surface area (Å²) in [6, 6.07) is 2.05. The molecular formula is C12H18N2O. The van der Waals surface area contributed by atoms with Gasteiger partial charge in [0.1, 0.15) is 0 Å². The van der Waals surface area contributed by atoms with Gasteiger partial charge in [-0.1, -0.05) is 20.8 Å². The van der Waals surface area contributed by atoms with Crippen LogP contribution in [0.1, 0.15) is 50.8 Å². The zero-order valence-electron chi connectivity index (χ0n) is 9.87. The van der Waals surface area contributed by atoms with Gasteiger partial charge in [-0.3, -0.25) is 0 Å². The molecule has 82 valence electrons. The third-order valence-corrected chi connectivity index (χ3v) is 2.74. The molecule has 1 fully saturated rings. The first-order valence-electron chi connectivity index (χ1n) is 5.44. The lowest BCUT2D eigenvalue weighted by Gasteiger charge is -2.20. The zero-order valence-corrected chi connectivity index (χ0v) is 9.87. The fraction of sp³-hybridized carbons (Fsp3) is 0.667. The normalized spacial score (nSPS) is 16.5. The smallest absolute Gasteiger partial charge is 0.233 e. The number of methoxy groups -OCH3 is 1. The molecular weight excluding hydrogens is 188 g/mol. The second-order valence-corrected chi connectivity index (χ2v) is 5.21. The molecule has 0 spiro atoms. The summed E-state index contributed by atoms with van der Waals surface area (Å²) in [6.45, 7) is 6.53. The molecule has 0 N–H and O–H groups in total. The van der Waals surface area contributed by atoms with Crippen molar-refractivity contribution in [2.45, 2.75) is 44.9 Å². The van der Waals surface area contributed by atoms with Gasteiger partial charge in [0, 0.05) is 11.5 Å². The minimum atomic E-state index is 0.0667. The summed E-state index contributed by atoms with van der Waals surface area (Å²) < 4.78 is 5.13. The molecule has 2 rings (SSSR count). The van der Waals surface area contributed by atoms with Crippen LogP contribution in [0.5, 0.6) is 5.88 Å². The fourth-order valence-corrected chi connectivity index (χ4v) is 1.78. The summed E-state index contributed by atoms with van der Waals surface area (Å²) in [4.78, 5) is 0. The van der Waals surface area contributed by atoms with Gasteiger partial charge in [0.2, 0.25) is 5.88 Å². The molecule has 15 heavy (non-hydrogen) atoms. The molecule has 0 aliphatic heterocycles. The largest absolute Gasteiger partial charge is 0.480 e. The Morgan fingerprint density at radius 2 is 1.93 bits per heavy atom. The van der Waals surface area contributed by atoms with Gasteiger partial charge in [-0.15, -0.1) is 5.10 Å². The van der Waals surface area contributed by atoms with Crippen molar-refractivity contribution in [3.05, 3.63) is 17.3 Å². The third-order valence-electron chi connectivity index (χ3n) is 2.74. The Bertz CT molecular complexity index is 364. The summed E-state index contributed by atoms with van der Waals surface area (Å²) in [7, 11) is 1.64. The molecule has 0 aromatic carbocycles. The first kappa shape index (κ1) is 10.4. The number of rotatable bonds is 2. The molecule has 1 aromatic rings. The maximum Gasteiger partial charge on any atom is 0.233 e. The molecule has 1 heterocycles. The van der Waals surface area contributed by atoms with Gasteiger partial charge in [-0.25, -0.2) is 0 Å². The number of aromatic nitrogens is 2. The minimum Gasteiger partial charge on any atom is -0.480 e. The van der Waals surface area contributed by atoms with Crippen LogP contribution in [-0.2, 0) is 5.41 Å². The monoisotopic (exact) mass is 206 g/mol. The highest BCUT2D eigenvalue weighted by Gasteiger charge is 2.31. The molecule has 3 heteroatoms. The van der Waals surface area contributed by atoms with Crippen molar-refractivity contribution in [3.63, 3.8) is 0 Å². The topological polar surface area (TPSA) is 35.0 Å². The Kier molecular flexibility index (Phi) is 2.41. The summed E-state index contributed by atoms with van der Waals surface area (Å²) in [5.41, 5.74) is 2.51. The lowest BCUT2D eigenvalue weighted by atomic mass is 9.87. The lowest BCUT2D eigenvalue weighted by Crippen LogP contribution is -2.17. The van der Waals surface area contributed by atoms with Crippen molar-refractivity contribution in [1.29, 1.82) is 0 Å². The summed E-state index contributed by atoms with van der Waals surface area (Å²) in [5.74, 6) is 1.31. The molecule has 0 unspecified atom stereocenters. The van der Waals surface area contributed by atoms with E-state index in [1.165, 1.54) is 18.4 Å². The highest BCUT2D eigenvalue weighted by atomic mass is 16.5. The van der Waals surface area contributed by atoms with Crippen LogP contribution in [0.15, 0.2) is 6.07 Å². The molecule has 1 aliphatic rings. The van der Waals surface area contributed by atoms with Gasteiger partial charge >= 0.3 is 0 Å². The summed E-state index contributed by atoms with van der Waals surface area (Å²) >= 11 is 0. The predicted molar refractivity (Wildman–Crippen MR) is 59.3 cm³/mol. The van der Waals surface area contributed by atoms with Crippen LogP contribution in [0, 0.1) is 0 Å². The van der Waals surface area contributed by atoms with Gasteiger partial charge < -0.3 is 4.74 Å². The van der Waals surface area contributed by atoms with E-state index in [-0.39, 0.29) is 5.41 Å². The summed E-state index contributed by atoms with van der Waals surface area (Å²) in [5, 5.41) is 8.37. The SMILES string of the molecule is COc1cc(C2CC2)c(C(C)(C)C)nn1. The predicted octanol–water partition coefficient (Wildman–Crippen LogP) is 2.66. The number of ether oxygens (including phenoxy) is 1. The number of hydrogen-bond donors (Lipinski definition) is 0. The Morgan fingerprint density at radius 1 is 1.27 bits per heavy atom. The van der Waals surface area contributed by atoms with Gasteiger partial charge in [0.05, 0.1) is 12.8 Å². The van der Waals surface area contributed by atoms with Gasteiger partial charge in [0.25, 0.3) is 0 Å². The van der Waals surface area contributed by atoms with Crippen molar-refractivity contribution >= 4 is 0 Å². The molecule has 3 nitrogen and oxygen atoms in total. The molecule has 1 saturated carbocycles. The van der Waals surface area contributed by atoms with Crippen LogP contribution in [0.25, 0.3) is 0 Å². The maximum atomic E-state index is 5.13. The lowest BCUT2D eigenvalue weighted by molar-refractivity contribution is 0.387. The van der Waals surface area contributed by atoms with E-state index in [0.717, 1.165) is 5.69 Å². The van der Waals surface area contributed by atoms with Crippen molar-refractivity contribution in [2.24, 2.45) is 0 Å². The average Bonchev–Trinajstić information content (AvgIpc) is 2.98. The van der Waals surface area contributed by atoms with Crippen LogP contribution in [0.2, 0.25) is 0 Å². The van der Waals surface area contributed by atoms with Crippen LogP contribution in [0.3, 0.4) is 0 Å². The van der Waals surface area contributed by atoms with E-state index in [2.05, 4.69) is 31.0 Å². The number of nitrogens with zero attached hydrogens (tertiary/aromatic N) is 2. The van der Waals surface area contributed by atoms with E-state index in [4.69, 9.17) is 4.74 Å². The van der Waals surface area contributed by atoms with Crippen molar-refractivity contribution in [3.8, 4) is 5.88 Å². The molecule has 0 radical (unpaired) electrons. The third kappa shape index (κ3) is 2.11. The Balaban J connectivity index is 2.45. The molecule has 0 atom stereocenters. The quantitative estimate of drug-likeness (QED) is 0.746. The minimum absolute atomic E-state index is 0.0667. The Hall–Kier alpha value is -1.12. The molecule has 0 saturated heterocycles. The van der Waals surface area contributed by atoms with Crippen LogP contribution >= 0.6 is 0 Å². The van der Waals surface area contributed by atoms with Crippen molar-refractivity contribution in [1.82, 2.24) is 10.2 Å². The Labute approximate surface area is 90.9 Å². The van der Waals surface area contributed by atoms with E-state index in [1.807, 2.05) is 6.07 Å². The second-order valence-electron chi connectivity index (χ2n) is 5.21. The van der Waals surface area contributed by atoms with E-state index in [0.29, 0.717) is 11.8 Å². The van der Waals surface area contributed by atoms with Crippen molar-refractivity contribution < 1.29 is 4.74 Å². The molecule has 1 aromatic heterocycles. The van der Waals surface area contributed by atoms with Crippen LogP contribution in [0.4, 0.5) is 0 Å². The van der Waals surface area contributed by atoms with E-state index < -0.39 is 0 Å². The van der Waals surface area contributed by atoms with Gasteiger partial charge in [-0.2, -0.15) is 5.10 Å². The first-order valence-corrected chi connectivity index (χ1v) is 5.44. The molecule has 0 amide bonds. The van der Waals surface area contributed by atoms with E-state index in [9.17, 15) is 0 Å². The van der Waals surface area contributed by atoms with E-state index >= 15 is 0 Å². The van der Waals surface area contributed by atoms with Gasteiger partial charge in [-0.05, 0) is 24.3 Å². The number of hydrogen-bond acceptors (Lipinski definition) is 3. The second kappa shape index (κ2) is 3.47. The summed E-state index contributed by atoms with van der Waals surface area (Å²) in [6.07, 6.45) is 2.55. The maximum absolute atomic E-state index is 5.13. The van der Waals surface area contributed by atoms with Crippen molar-refractivity contribution in [2.75, 3.05) is 7.11 Å². The molecule has 1 aliphatic carbocycles. The highest BCUT2D eigenvalue weighted by molar-refractivity contribution is 5.34. The van der Waals surface area contributed by atoms with Crippen LogP contribution < -0.4 is 4.74 Å². The standard InChI is InChI=1S/C12H18N2O/c1-12(2,3)11-9(8-5-6-8)7-10(15-4)13-14-11/h7-8H,5-6H2,1-4H3. The Morgan fingerprint density at radius 3 is 2.40 bits per heavy atom. The zero-order chi connectivity index (χ0) is 11.1. The highest BCUT2D eigenvalue weighted by Crippen LogP contribution is 2.44. The first-order chi connectivity index (χ1) is 7.02. The fourth-order valence-electron chi connectivity index (χ4n) is 1.78. The molecule has 0 bridgehead atoms. The van der Waals surface area contributed by atoms with Crippen LogP contribution in [-0.4, -0.2) is 17.3 Å². The van der Waals surface area contributed by atoms with E-state index in [1.54, 1.807) is 7.11 Å². The average molecular weight is 206 g/mol.